The van der Waals surface area contributed by atoms with Crippen LogP contribution in [0.4, 0.5) is 4.39 Å². The van der Waals surface area contributed by atoms with Crippen LogP contribution < -0.4 is 0 Å². The number of thioether (sulfide) groups is 1. The van der Waals surface area contributed by atoms with Crippen molar-refractivity contribution in [3.05, 3.63) is 40.6 Å². The van der Waals surface area contributed by atoms with Gasteiger partial charge < -0.3 is 0 Å². The molecule has 1 amide bonds. The van der Waals surface area contributed by atoms with E-state index in [0.29, 0.717) is 9.23 Å². The van der Waals surface area contributed by atoms with E-state index in [4.69, 9.17) is 12.2 Å². The summed E-state index contributed by atoms with van der Waals surface area (Å²) in [5.74, 6) is -0.281. The van der Waals surface area contributed by atoms with Crippen LogP contribution in [0.1, 0.15) is 31.2 Å². The molecular weight excluding hydrogens is 293 g/mol. The van der Waals surface area contributed by atoms with Crippen LogP contribution in [0.2, 0.25) is 0 Å². The topological polar surface area (TPSA) is 20.3 Å². The minimum atomic E-state index is -0.277. The first-order chi connectivity index (χ1) is 9.65. The standard InChI is InChI=1S/C15H14FNOS2/c16-11-7-5-10(6-8-11)9-13-14(18)17(15(19)20-13)12-3-1-2-4-12/h5-9,12H,1-4H2/b13-9-. The van der Waals surface area contributed by atoms with E-state index in [1.54, 1.807) is 23.1 Å². The summed E-state index contributed by atoms with van der Waals surface area (Å²) in [6.45, 7) is 0. The molecule has 2 aliphatic rings. The van der Waals surface area contributed by atoms with E-state index < -0.39 is 0 Å². The first-order valence-electron chi connectivity index (χ1n) is 6.68. The second kappa shape index (κ2) is 5.66. The number of carbonyl (C=O) groups is 1. The fourth-order valence-electron chi connectivity index (χ4n) is 2.67. The van der Waals surface area contributed by atoms with E-state index in [2.05, 4.69) is 0 Å². The highest BCUT2D eigenvalue weighted by molar-refractivity contribution is 8.26. The Hall–Kier alpha value is -1.20. The highest BCUT2D eigenvalue weighted by atomic mass is 32.2. The number of rotatable bonds is 2. The van der Waals surface area contributed by atoms with Crippen molar-refractivity contribution in [1.29, 1.82) is 0 Å². The van der Waals surface area contributed by atoms with Gasteiger partial charge in [0.2, 0.25) is 0 Å². The highest BCUT2D eigenvalue weighted by Gasteiger charge is 2.37. The molecule has 1 saturated carbocycles. The molecule has 0 spiro atoms. The van der Waals surface area contributed by atoms with Gasteiger partial charge in [-0.05, 0) is 36.6 Å². The Balaban J connectivity index is 1.83. The molecule has 1 aromatic rings. The first kappa shape index (κ1) is 13.8. The summed E-state index contributed by atoms with van der Waals surface area (Å²) >= 11 is 6.68. The van der Waals surface area contributed by atoms with E-state index in [0.717, 1.165) is 18.4 Å². The van der Waals surface area contributed by atoms with Gasteiger partial charge >= 0.3 is 0 Å². The minimum Gasteiger partial charge on any atom is -0.290 e. The van der Waals surface area contributed by atoms with Crippen LogP contribution in [0.5, 0.6) is 0 Å². The lowest BCUT2D eigenvalue weighted by Gasteiger charge is -2.21. The molecule has 3 rings (SSSR count). The number of nitrogens with zero attached hydrogens (tertiary/aromatic N) is 1. The Kier molecular flexibility index (Phi) is 3.89. The molecule has 2 fully saturated rings. The molecule has 104 valence electrons. The van der Waals surface area contributed by atoms with Gasteiger partial charge in [0.25, 0.3) is 5.91 Å². The second-order valence-corrected chi connectivity index (χ2v) is 6.72. The van der Waals surface area contributed by atoms with Crippen LogP contribution >= 0.6 is 24.0 Å². The largest absolute Gasteiger partial charge is 0.290 e. The molecule has 0 atom stereocenters. The molecule has 0 aromatic heterocycles. The van der Waals surface area contributed by atoms with Gasteiger partial charge in [-0.2, -0.15) is 0 Å². The zero-order valence-electron chi connectivity index (χ0n) is 10.8. The molecule has 2 nitrogen and oxygen atoms in total. The van der Waals surface area contributed by atoms with Crippen LogP contribution in [0.15, 0.2) is 29.2 Å². The van der Waals surface area contributed by atoms with Gasteiger partial charge in [-0.25, -0.2) is 4.39 Å². The van der Waals surface area contributed by atoms with E-state index in [1.807, 2.05) is 0 Å². The SMILES string of the molecule is O=C1/C(=C/c2ccc(F)cc2)SC(=S)N1C1CCCC1. The number of amides is 1. The van der Waals surface area contributed by atoms with E-state index in [1.165, 1.54) is 36.7 Å². The van der Waals surface area contributed by atoms with Crippen LogP contribution in [0, 0.1) is 5.82 Å². The predicted octanol–water partition coefficient (Wildman–Crippen LogP) is 3.97. The first-order valence-corrected chi connectivity index (χ1v) is 7.90. The maximum Gasteiger partial charge on any atom is 0.266 e. The van der Waals surface area contributed by atoms with Crippen molar-refractivity contribution in [3.63, 3.8) is 0 Å². The number of carbonyl (C=O) groups excluding carboxylic acids is 1. The van der Waals surface area contributed by atoms with Gasteiger partial charge in [-0.1, -0.05) is 49.0 Å². The summed E-state index contributed by atoms with van der Waals surface area (Å²) in [5, 5.41) is 0. The molecule has 1 heterocycles. The fraction of sp³-hybridized carbons (Fsp3) is 0.333. The zero-order valence-corrected chi connectivity index (χ0v) is 12.5. The van der Waals surface area contributed by atoms with Crippen molar-refractivity contribution in [2.75, 3.05) is 0 Å². The summed E-state index contributed by atoms with van der Waals surface area (Å²) in [6.07, 6.45) is 6.19. The number of hydrogen-bond acceptors (Lipinski definition) is 3. The van der Waals surface area contributed by atoms with Gasteiger partial charge in [0.1, 0.15) is 10.1 Å². The average Bonchev–Trinajstić information content (AvgIpc) is 3.02. The van der Waals surface area contributed by atoms with Crippen molar-refractivity contribution in [3.8, 4) is 0 Å². The van der Waals surface area contributed by atoms with Gasteiger partial charge in [0.05, 0.1) is 4.91 Å². The summed E-state index contributed by atoms with van der Waals surface area (Å²) in [6, 6.07) is 6.38. The molecule has 5 heteroatoms. The van der Waals surface area contributed by atoms with Crippen LogP contribution in [-0.4, -0.2) is 21.2 Å². The van der Waals surface area contributed by atoms with Crippen molar-refractivity contribution in [2.45, 2.75) is 31.7 Å². The fourth-order valence-corrected chi connectivity index (χ4v) is 4.07. The molecule has 1 aromatic carbocycles. The number of halogens is 1. The molecular formula is C15H14FNOS2. The van der Waals surface area contributed by atoms with Crippen molar-refractivity contribution in [2.24, 2.45) is 0 Å². The summed E-state index contributed by atoms with van der Waals surface area (Å²) in [5.41, 5.74) is 0.818. The Labute approximate surface area is 127 Å². The minimum absolute atomic E-state index is 0.00350. The maximum atomic E-state index is 12.9. The van der Waals surface area contributed by atoms with Gasteiger partial charge in [0, 0.05) is 6.04 Å². The van der Waals surface area contributed by atoms with Crippen molar-refractivity contribution >= 4 is 40.3 Å². The molecule has 1 aliphatic carbocycles. The number of hydrogen-bond donors (Lipinski definition) is 0. The summed E-state index contributed by atoms with van der Waals surface area (Å²) in [7, 11) is 0. The van der Waals surface area contributed by atoms with Crippen LogP contribution in [0.3, 0.4) is 0 Å². The summed E-state index contributed by atoms with van der Waals surface area (Å²) < 4.78 is 13.5. The quantitative estimate of drug-likeness (QED) is 0.609. The van der Waals surface area contributed by atoms with Crippen molar-refractivity contribution < 1.29 is 9.18 Å². The second-order valence-electron chi connectivity index (χ2n) is 5.04. The van der Waals surface area contributed by atoms with Crippen LogP contribution in [-0.2, 0) is 4.79 Å². The van der Waals surface area contributed by atoms with Crippen molar-refractivity contribution in [1.82, 2.24) is 4.90 Å². The monoisotopic (exact) mass is 307 g/mol. The lowest BCUT2D eigenvalue weighted by atomic mass is 10.2. The normalized spacial score (nSPS) is 22.2. The Bertz CT molecular complexity index is 576. The third kappa shape index (κ3) is 2.65. The predicted molar refractivity (Wildman–Crippen MR) is 83.7 cm³/mol. The van der Waals surface area contributed by atoms with E-state index in [-0.39, 0.29) is 17.8 Å². The molecule has 0 N–H and O–H groups in total. The third-order valence-corrected chi connectivity index (χ3v) is 5.01. The third-order valence-electron chi connectivity index (χ3n) is 3.68. The highest BCUT2D eigenvalue weighted by Crippen LogP contribution is 2.37. The molecule has 20 heavy (non-hydrogen) atoms. The smallest absolute Gasteiger partial charge is 0.266 e. The average molecular weight is 307 g/mol. The zero-order chi connectivity index (χ0) is 14.1. The molecule has 1 aliphatic heterocycles. The maximum absolute atomic E-state index is 12.9. The Morgan fingerprint density at radius 3 is 2.55 bits per heavy atom. The molecule has 0 bridgehead atoms. The van der Waals surface area contributed by atoms with E-state index >= 15 is 0 Å². The van der Waals surface area contributed by atoms with E-state index in [9.17, 15) is 9.18 Å². The Morgan fingerprint density at radius 1 is 1.25 bits per heavy atom. The number of benzene rings is 1. The van der Waals surface area contributed by atoms with Crippen LogP contribution in [0.25, 0.3) is 6.08 Å². The number of thiocarbonyl (C=S) groups is 1. The van der Waals surface area contributed by atoms with Gasteiger partial charge in [0.15, 0.2) is 0 Å². The summed E-state index contributed by atoms with van der Waals surface area (Å²) in [4.78, 5) is 14.8. The van der Waals surface area contributed by atoms with Gasteiger partial charge in [-0.3, -0.25) is 9.69 Å². The lowest BCUT2D eigenvalue weighted by molar-refractivity contribution is -0.123. The molecule has 0 unspecified atom stereocenters. The van der Waals surface area contributed by atoms with Gasteiger partial charge in [-0.15, -0.1) is 0 Å². The Morgan fingerprint density at radius 2 is 1.90 bits per heavy atom. The molecule has 1 saturated heterocycles. The lowest BCUT2D eigenvalue weighted by Crippen LogP contribution is -2.36. The molecule has 0 radical (unpaired) electrons.